The van der Waals surface area contributed by atoms with Crippen LogP contribution in [0.5, 0.6) is 0 Å². The summed E-state index contributed by atoms with van der Waals surface area (Å²) in [5, 5.41) is 4.57. The van der Waals surface area contributed by atoms with Crippen LogP contribution in [0.4, 0.5) is 4.79 Å². The van der Waals surface area contributed by atoms with Gasteiger partial charge in [0, 0.05) is 50.1 Å². The van der Waals surface area contributed by atoms with Crippen LogP contribution in [0.1, 0.15) is 44.9 Å². The van der Waals surface area contributed by atoms with Crippen LogP contribution in [0.3, 0.4) is 0 Å². The van der Waals surface area contributed by atoms with Gasteiger partial charge in [0.2, 0.25) is 0 Å². The first-order valence-corrected chi connectivity index (χ1v) is 10.1. The second kappa shape index (κ2) is 7.55. The molecule has 1 aliphatic heterocycles. The van der Waals surface area contributed by atoms with E-state index in [1.165, 1.54) is 0 Å². The lowest BCUT2D eigenvalue weighted by Gasteiger charge is -2.24. The number of ether oxygens (including phenoxy) is 1. The molecule has 0 saturated heterocycles. The van der Waals surface area contributed by atoms with Crippen LogP contribution in [0.25, 0.3) is 22.4 Å². The van der Waals surface area contributed by atoms with Crippen molar-refractivity contribution in [3.63, 3.8) is 0 Å². The summed E-state index contributed by atoms with van der Waals surface area (Å²) >= 11 is 0. The Bertz CT molecular complexity index is 1070. The molecule has 1 aliphatic carbocycles. The normalized spacial score (nSPS) is 16.7. The van der Waals surface area contributed by atoms with E-state index in [-0.39, 0.29) is 11.9 Å². The number of amides is 1. The summed E-state index contributed by atoms with van der Waals surface area (Å²) in [4.78, 5) is 30.4. The van der Waals surface area contributed by atoms with Crippen molar-refractivity contribution in [2.24, 2.45) is 7.05 Å². The highest BCUT2D eigenvalue weighted by atomic mass is 16.6. The fraction of sp³-hybridized carbons (Fsp3) is 0.391. The maximum atomic E-state index is 12.5. The number of aryl methyl sites for hydroxylation is 1. The highest BCUT2D eigenvalue weighted by molar-refractivity contribution is 6.01. The lowest BCUT2D eigenvalue weighted by atomic mass is 9.98. The maximum absolute atomic E-state index is 12.5. The molecule has 0 N–H and O–H groups in total. The van der Waals surface area contributed by atoms with E-state index < -0.39 is 5.60 Å². The molecule has 0 radical (unpaired) electrons. The van der Waals surface area contributed by atoms with Crippen LogP contribution in [0.2, 0.25) is 0 Å². The standard InChI is InChI=1S/C23H26N4O3/c1-23(2,3)30-22(29)27-10-7-16(14-27)19-13-24-21(15-5-6-17(28)11-15)12-18(19)20-8-9-26(4)25-20/h7-9,11-13H,5-6,10,14H2,1-4H3. The molecule has 30 heavy (non-hydrogen) atoms. The first kappa shape index (κ1) is 20.1. The Morgan fingerprint density at radius 3 is 2.57 bits per heavy atom. The average molecular weight is 406 g/mol. The lowest BCUT2D eigenvalue weighted by molar-refractivity contribution is -0.114. The molecule has 7 nitrogen and oxygen atoms in total. The lowest BCUT2D eigenvalue weighted by Crippen LogP contribution is -2.35. The molecule has 0 aromatic carbocycles. The smallest absolute Gasteiger partial charge is 0.410 e. The fourth-order valence-corrected chi connectivity index (χ4v) is 3.67. The van der Waals surface area contributed by atoms with E-state index in [2.05, 4.69) is 10.1 Å². The summed E-state index contributed by atoms with van der Waals surface area (Å²) in [5.41, 5.74) is 4.95. The number of allylic oxidation sites excluding steroid dienone is 2. The van der Waals surface area contributed by atoms with Crippen LogP contribution < -0.4 is 0 Å². The van der Waals surface area contributed by atoms with Crippen molar-refractivity contribution in [2.45, 2.75) is 39.2 Å². The van der Waals surface area contributed by atoms with E-state index in [1.54, 1.807) is 15.7 Å². The molecule has 0 unspecified atom stereocenters. The van der Waals surface area contributed by atoms with Crippen LogP contribution >= 0.6 is 0 Å². The van der Waals surface area contributed by atoms with Crippen molar-refractivity contribution in [3.05, 3.63) is 47.9 Å². The molecule has 2 aromatic heterocycles. The van der Waals surface area contributed by atoms with Gasteiger partial charge in [-0.2, -0.15) is 5.10 Å². The number of aromatic nitrogens is 3. The molecule has 4 rings (SSSR count). The quantitative estimate of drug-likeness (QED) is 0.773. The van der Waals surface area contributed by atoms with Gasteiger partial charge in [0.25, 0.3) is 0 Å². The van der Waals surface area contributed by atoms with Crippen molar-refractivity contribution in [1.29, 1.82) is 0 Å². The highest BCUT2D eigenvalue weighted by Gasteiger charge is 2.27. The van der Waals surface area contributed by atoms with Crippen LogP contribution in [0, 0.1) is 0 Å². The minimum absolute atomic E-state index is 0.141. The molecule has 0 fully saturated rings. The van der Waals surface area contributed by atoms with E-state index in [0.29, 0.717) is 25.9 Å². The Kier molecular flexibility index (Phi) is 5.05. The van der Waals surface area contributed by atoms with Crippen LogP contribution in [-0.2, 0) is 16.6 Å². The largest absolute Gasteiger partial charge is 0.444 e. The van der Waals surface area contributed by atoms with E-state index >= 15 is 0 Å². The molecule has 7 heteroatoms. The Morgan fingerprint density at radius 1 is 1.13 bits per heavy atom. The van der Waals surface area contributed by atoms with Crippen molar-refractivity contribution < 1.29 is 14.3 Å². The summed E-state index contributed by atoms with van der Waals surface area (Å²) in [7, 11) is 1.88. The minimum Gasteiger partial charge on any atom is -0.444 e. The van der Waals surface area contributed by atoms with Crippen molar-refractivity contribution in [2.75, 3.05) is 13.1 Å². The zero-order valence-electron chi connectivity index (χ0n) is 17.8. The van der Waals surface area contributed by atoms with Crippen molar-refractivity contribution in [3.8, 4) is 11.3 Å². The molecule has 0 saturated carbocycles. The Balaban J connectivity index is 1.66. The van der Waals surface area contributed by atoms with Gasteiger partial charge in [0.1, 0.15) is 5.60 Å². The molecule has 156 valence electrons. The molecule has 0 spiro atoms. The van der Waals surface area contributed by atoms with Gasteiger partial charge in [-0.15, -0.1) is 0 Å². The number of pyridine rings is 1. The van der Waals surface area contributed by atoms with Gasteiger partial charge in [-0.3, -0.25) is 14.5 Å². The third-order valence-corrected chi connectivity index (χ3v) is 5.12. The number of carbonyl (C=O) groups is 2. The van der Waals surface area contributed by atoms with E-state index in [9.17, 15) is 9.59 Å². The van der Waals surface area contributed by atoms with Gasteiger partial charge in [0.15, 0.2) is 5.78 Å². The Labute approximate surface area is 176 Å². The molecule has 2 aliphatic rings. The van der Waals surface area contributed by atoms with Gasteiger partial charge in [0.05, 0.1) is 11.4 Å². The molecular formula is C23H26N4O3. The van der Waals surface area contributed by atoms with E-state index in [4.69, 9.17) is 4.74 Å². The summed E-state index contributed by atoms with van der Waals surface area (Å²) in [5.74, 6) is 0.141. The predicted octanol–water partition coefficient (Wildman–Crippen LogP) is 3.86. The number of ketones is 1. The first-order chi connectivity index (χ1) is 14.2. The summed E-state index contributed by atoms with van der Waals surface area (Å²) in [6.45, 7) is 6.53. The third kappa shape index (κ3) is 4.20. The highest BCUT2D eigenvalue weighted by Crippen LogP contribution is 2.34. The van der Waals surface area contributed by atoms with Gasteiger partial charge < -0.3 is 9.64 Å². The summed E-state index contributed by atoms with van der Waals surface area (Å²) in [6, 6.07) is 3.96. The third-order valence-electron chi connectivity index (χ3n) is 5.12. The number of hydrogen-bond donors (Lipinski definition) is 0. The van der Waals surface area contributed by atoms with Gasteiger partial charge in [-0.25, -0.2) is 4.79 Å². The molecule has 3 heterocycles. The number of nitrogens with zero attached hydrogens (tertiary/aromatic N) is 4. The molecule has 0 bridgehead atoms. The summed E-state index contributed by atoms with van der Waals surface area (Å²) < 4.78 is 7.26. The first-order valence-electron chi connectivity index (χ1n) is 10.1. The second-order valence-corrected chi connectivity index (χ2v) is 8.72. The zero-order chi connectivity index (χ0) is 21.5. The fourth-order valence-electron chi connectivity index (χ4n) is 3.67. The molecule has 0 atom stereocenters. The average Bonchev–Trinajstić information content (AvgIpc) is 3.40. The SMILES string of the molecule is Cn1ccc(-c2cc(C3=CC(=O)CC3)ncc2C2=CCN(C(=O)OC(C)(C)C)C2)n1. The predicted molar refractivity (Wildman–Crippen MR) is 114 cm³/mol. The maximum Gasteiger partial charge on any atom is 0.410 e. The number of rotatable bonds is 3. The van der Waals surface area contributed by atoms with E-state index in [1.807, 2.05) is 58.4 Å². The molecule has 1 amide bonds. The van der Waals surface area contributed by atoms with Gasteiger partial charge in [-0.1, -0.05) is 6.08 Å². The summed E-state index contributed by atoms with van der Waals surface area (Å²) in [6.07, 6.45) is 8.36. The van der Waals surface area contributed by atoms with Crippen LogP contribution in [-0.4, -0.2) is 50.2 Å². The minimum atomic E-state index is -0.533. The van der Waals surface area contributed by atoms with Gasteiger partial charge in [-0.05, 0) is 56.5 Å². The van der Waals surface area contributed by atoms with Crippen molar-refractivity contribution >= 4 is 23.0 Å². The zero-order valence-corrected chi connectivity index (χ0v) is 17.8. The van der Waals surface area contributed by atoms with Crippen LogP contribution in [0.15, 0.2) is 36.7 Å². The van der Waals surface area contributed by atoms with Crippen molar-refractivity contribution in [1.82, 2.24) is 19.7 Å². The van der Waals surface area contributed by atoms with Gasteiger partial charge >= 0.3 is 6.09 Å². The Morgan fingerprint density at radius 2 is 1.93 bits per heavy atom. The number of carbonyl (C=O) groups excluding carboxylic acids is 2. The number of hydrogen-bond acceptors (Lipinski definition) is 5. The second-order valence-electron chi connectivity index (χ2n) is 8.72. The molecular weight excluding hydrogens is 380 g/mol. The Hall–Kier alpha value is -3.22. The topological polar surface area (TPSA) is 77.3 Å². The monoisotopic (exact) mass is 406 g/mol. The molecule has 2 aromatic rings. The van der Waals surface area contributed by atoms with E-state index in [0.717, 1.165) is 33.7 Å².